The summed E-state index contributed by atoms with van der Waals surface area (Å²) >= 11 is 0. The number of benzene rings is 1. The van der Waals surface area contributed by atoms with Crippen LogP contribution in [-0.4, -0.2) is 78.7 Å². The summed E-state index contributed by atoms with van der Waals surface area (Å²) in [6.45, 7) is 8.62. The topological polar surface area (TPSA) is 99.8 Å². The maximum Gasteiger partial charge on any atom is 0.169 e. The zero-order chi connectivity index (χ0) is 21.8. The van der Waals surface area contributed by atoms with Gasteiger partial charge in [-0.15, -0.1) is 10.2 Å². The fourth-order valence-corrected chi connectivity index (χ4v) is 4.67. The number of para-hydroxylation sites is 1. The van der Waals surface area contributed by atoms with Gasteiger partial charge in [0.25, 0.3) is 0 Å². The Balaban J connectivity index is 1.53. The van der Waals surface area contributed by atoms with E-state index in [2.05, 4.69) is 32.2 Å². The lowest BCUT2D eigenvalue weighted by molar-refractivity contribution is -0.146. The minimum absolute atomic E-state index is 0.0239. The number of anilines is 2. The number of ether oxygens (including phenoxy) is 1. The summed E-state index contributed by atoms with van der Waals surface area (Å²) in [4.78, 5) is 4.94. The van der Waals surface area contributed by atoms with Crippen LogP contribution in [0.5, 0.6) is 5.75 Å². The van der Waals surface area contributed by atoms with E-state index in [-0.39, 0.29) is 11.3 Å². The lowest BCUT2D eigenvalue weighted by atomic mass is 9.89. The molecule has 2 aliphatic rings. The molecule has 1 atom stereocenters. The number of piperazine rings is 1. The van der Waals surface area contributed by atoms with Crippen molar-refractivity contribution in [1.82, 2.24) is 20.4 Å². The van der Waals surface area contributed by atoms with Crippen LogP contribution < -0.4 is 16.0 Å². The number of rotatable bonds is 8. The number of aromatic hydroxyl groups is 1. The first-order valence-corrected chi connectivity index (χ1v) is 11.2. The lowest BCUT2D eigenvalue weighted by Crippen LogP contribution is -2.72. The molecule has 3 heterocycles. The molecule has 2 fully saturated rings. The molecule has 31 heavy (non-hydrogen) atoms. The van der Waals surface area contributed by atoms with Gasteiger partial charge in [0, 0.05) is 31.7 Å². The standard InChI is InChI=1S/C23H34N6O2/c1-3-17(8-9-25-2)13-29-11-10-28(14-23(29)15-31-16-23)20-12-19(26-27-22(20)24)18-6-4-5-7-21(18)30/h4-7,12,17,25,30H,3,8-11,13-16H2,1-2H3,(H2,24,27). The predicted octanol–water partition coefficient (Wildman–Crippen LogP) is 1.96. The van der Waals surface area contributed by atoms with E-state index in [1.165, 1.54) is 12.8 Å². The van der Waals surface area contributed by atoms with Crippen LogP contribution in [0.2, 0.25) is 0 Å². The van der Waals surface area contributed by atoms with Gasteiger partial charge in [-0.25, -0.2) is 0 Å². The zero-order valence-corrected chi connectivity index (χ0v) is 18.5. The van der Waals surface area contributed by atoms with Crippen molar-refractivity contribution >= 4 is 11.5 Å². The molecule has 0 saturated carbocycles. The average Bonchev–Trinajstić information content (AvgIpc) is 2.76. The van der Waals surface area contributed by atoms with Crippen molar-refractivity contribution in [1.29, 1.82) is 0 Å². The molecule has 1 unspecified atom stereocenters. The van der Waals surface area contributed by atoms with Crippen LogP contribution in [0.4, 0.5) is 11.5 Å². The summed E-state index contributed by atoms with van der Waals surface area (Å²) in [6, 6.07) is 9.12. The number of nitrogen functional groups attached to an aromatic ring is 1. The first-order chi connectivity index (χ1) is 15.1. The summed E-state index contributed by atoms with van der Waals surface area (Å²) in [5.74, 6) is 1.29. The van der Waals surface area contributed by atoms with Crippen molar-refractivity contribution in [2.24, 2.45) is 5.92 Å². The molecule has 8 heteroatoms. The van der Waals surface area contributed by atoms with Crippen molar-refractivity contribution in [3.63, 3.8) is 0 Å². The summed E-state index contributed by atoms with van der Waals surface area (Å²) in [5.41, 5.74) is 8.43. The first-order valence-electron chi connectivity index (χ1n) is 11.2. The van der Waals surface area contributed by atoms with E-state index < -0.39 is 0 Å². The Morgan fingerprint density at radius 3 is 2.74 bits per heavy atom. The number of nitrogens with zero attached hydrogens (tertiary/aromatic N) is 4. The molecule has 1 spiro atoms. The van der Waals surface area contributed by atoms with E-state index in [0.29, 0.717) is 23.0 Å². The SMILES string of the molecule is CCC(CCNC)CN1CCN(c2cc(-c3ccccc3O)nnc2N)CC12COC2. The Kier molecular flexibility index (Phi) is 6.60. The van der Waals surface area contributed by atoms with E-state index in [4.69, 9.17) is 10.5 Å². The van der Waals surface area contributed by atoms with Crippen molar-refractivity contribution < 1.29 is 9.84 Å². The summed E-state index contributed by atoms with van der Waals surface area (Å²) in [7, 11) is 2.02. The average molecular weight is 427 g/mol. The molecular weight excluding hydrogens is 392 g/mol. The monoisotopic (exact) mass is 426 g/mol. The van der Waals surface area contributed by atoms with Crippen LogP contribution in [-0.2, 0) is 4.74 Å². The predicted molar refractivity (Wildman–Crippen MR) is 123 cm³/mol. The number of nitrogens with two attached hydrogens (primary N) is 1. The third kappa shape index (κ3) is 4.46. The molecule has 2 saturated heterocycles. The van der Waals surface area contributed by atoms with E-state index in [1.54, 1.807) is 12.1 Å². The van der Waals surface area contributed by atoms with Gasteiger partial charge in [0.2, 0.25) is 0 Å². The lowest BCUT2D eigenvalue weighted by Gasteiger charge is -2.56. The highest BCUT2D eigenvalue weighted by Crippen LogP contribution is 2.36. The molecule has 0 bridgehead atoms. The molecule has 1 aromatic carbocycles. The van der Waals surface area contributed by atoms with Crippen molar-refractivity contribution in [3.05, 3.63) is 30.3 Å². The molecule has 1 aromatic heterocycles. The van der Waals surface area contributed by atoms with Crippen LogP contribution in [0.1, 0.15) is 19.8 Å². The third-order valence-corrected chi connectivity index (χ3v) is 6.72. The summed E-state index contributed by atoms with van der Waals surface area (Å²) < 4.78 is 5.69. The number of aromatic nitrogens is 2. The molecule has 0 aliphatic carbocycles. The number of phenolic OH excluding ortho intramolecular Hbond substituents is 1. The van der Waals surface area contributed by atoms with Gasteiger partial charge in [0.05, 0.1) is 30.1 Å². The summed E-state index contributed by atoms with van der Waals surface area (Å²) in [5, 5.41) is 21.9. The number of hydrogen-bond acceptors (Lipinski definition) is 8. The van der Waals surface area contributed by atoms with Gasteiger partial charge in [-0.1, -0.05) is 25.5 Å². The number of phenols is 1. The second-order valence-electron chi connectivity index (χ2n) is 8.77. The highest BCUT2D eigenvalue weighted by atomic mass is 16.5. The quantitative estimate of drug-likeness (QED) is 0.589. The van der Waals surface area contributed by atoms with E-state index in [1.807, 2.05) is 25.2 Å². The van der Waals surface area contributed by atoms with Gasteiger partial charge in [-0.3, -0.25) is 4.90 Å². The van der Waals surface area contributed by atoms with Gasteiger partial charge in [-0.2, -0.15) is 0 Å². The Bertz CT molecular complexity index is 888. The Hall–Kier alpha value is -2.42. The third-order valence-electron chi connectivity index (χ3n) is 6.72. The van der Waals surface area contributed by atoms with Gasteiger partial charge in [0.15, 0.2) is 5.82 Å². The molecular formula is C23H34N6O2. The van der Waals surface area contributed by atoms with E-state index in [0.717, 1.165) is 51.6 Å². The van der Waals surface area contributed by atoms with Crippen molar-refractivity contribution in [2.75, 3.05) is 63.6 Å². The van der Waals surface area contributed by atoms with Crippen LogP contribution in [0.15, 0.2) is 30.3 Å². The van der Waals surface area contributed by atoms with Crippen LogP contribution >= 0.6 is 0 Å². The smallest absolute Gasteiger partial charge is 0.169 e. The Morgan fingerprint density at radius 1 is 1.26 bits per heavy atom. The normalized spacial score (nSPS) is 19.4. The molecule has 4 N–H and O–H groups in total. The van der Waals surface area contributed by atoms with Gasteiger partial charge >= 0.3 is 0 Å². The van der Waals surface area contributed by atoms with E-state index in [9.17, 15) is 5.11 Å². The summed E-state index contributed by atoms with van der Waals surface area (Å²) in [6.07, 6.45) is 2.37. The highest BCUT2D eigenvalue weighted by molar-refractivity contribution is 5.74. The first kappa shape index (κ1) is 21.8. The van der Waals surface area contributed by atoms with Crippen molar-refractivity contribution in [3.8, 4) is 17.0 Å². The molecule has 8 nitrogen and oxygen atoms in total. The van der Waals surface area contributed by atoms with Gasteiger partial charge in [0.1, 0.15) is 5.75 Å². The molecule has 0 radical (unpaired) electrons. The van der Waals surface area contributed by atoms with Gasteiger partial charge in [-0.05, 0) is 44.1 Å². The fourth-order valence-electron chi connectivity index (χ4n) is 4.67. The molecule has 0 amide bonds. The maximum atomic E-state index is 10.2. The fraction of sp³-hybridized carbons (Fsp3) is 0.565. The van der Waals surface area contributed by atoms with Crippen molar-refractivity contribution in [2.45, 2.75) is 25.3 Å². The van der Waals surface area contributed by atoms with Gasteiger partial charge < -0.3 is 25.8 Å². The highest BCUT2D eigenvalue weighted by Gasteiger charge is 2.48. The molecule has 168 valence electrons. The van der Waals surface area contributed by atoms with Crippen LogP contribution in [0.3, 0.4) is 0 Å². The molecule has 2 aliphatic heterocycles. The number of nitrogens with one attached hydrogen (secondary N) is 1. The Morgan fingerprint density at radius 2 is 2.06 bits per heavy atom. The molecule has 4 rings (SSSR count). The minimum Gasteiger partial charge on any atom is -0.507 e. The minimum atomic E-state index is 0.0239. The largest absolute Gasteiger partial charge is 0.507 e. The second kappa shape index (κ2) is 9.38. The second-order valence-corrected chi connectivity index (χ2v) is 8.77. The van der Waals surface area contributed by atoms with Crippen LogP contribution in [0, 0.1) is 5.92 Å². The molecule has 2 aromatic rings. The van der Waals surface area contributed by atoms with Crippen LogP contribution in [0.25, 0.3) is 11.3 Å². The number of hydrogen-bond donors (Lipinski definition) is 3. The van der Waals surface area contributed by atoms with E-state index >= 15 is 0 Å². The maximum absolute atomic E-state index is 10.2. The Labute approximate surface area is 184 Å². The zero-order valence-electron chi connectivity index (χ0n) is 18.5.